The topological polar surface area (TPSA) is 81.7 Å². The maximum atomic E-state index is 14.0. The van der Waals surface area contributed by atoms with Crippen molar-refractivity contribution in [2.75, 3.05) is 7.05 Å². The second kappa shape index (κ2) is 8.17. The van der Waals surface area contributed by atoms with E-state index in [0.29, 0.717) is 36.0 Å². The molecule has 1 atom stereocenters. The van der Waals surface area contributed by atoms with Crippen LogP contribution in [0.3, 0.4) is 0 Å². The van der Waals surface area contributed by atoms with Crippen molar-refractivity contribution >= 4 is 12.4 Å². The summed E-state index contributed by atoms with van der Waals surface area (Å²) < 4.78 is 20.8. The van der Waals surface area contributed by atoms with Gasteiger partial charge in [-0.3, -0.25) is 0 Å². The smallest absolute Gasteiger partial charge is 0.297 e. The number of nitrogens with zero attached hydrogens (tertiary/aromatic N) is 5. The summed E-state index contributed by atoms with van der Waals surface area (Å²) in [7, 11) is 1.87. The van der Waals surface area contributed by atoms with Crippen molar-refractivity contribution in [3.05, 3.63) is 41.7 Å². The molecule has 1 N–H and O–H groups in total. The molecule has 1 unspecified atom stereocenters. The Labute approximate surface area is 151 Å². The van der Waals surface area contributed by atoms with Gasteiger partial charge in [-0.15, -0.1) is 17.5 Å². The van der Waals surface area contributed by atoms with Crippen LogP contribution >= 0.6 is 12.4 Å². The summed E-state index contributed by atoms with van der Waals surface area (Å²) in [6.07, 6.45) is 1.23. The highest BCUT2D eigenvalue weighted by Gasteiger charge is 2.19. The van der Waals surface area contributed by atoms with E-state index in [-0.39, 0.29) is 30.2 Å². The second-order valence-corrected chi connectivity index (χ2v) is 5.48. The van der Waals surface area contributed by atoms with Crippen molar-refractivity contribution in [2.24, 2.45) is 0 Å². The number of aromatic nitrogens is 5. The Morgan fingerprint density at radius 2 is 2.04 bits per heavy atom. The zero-order chi connectivity index (χ0) is 17.1. The molecule has 0 bridgehead atoms. The lowest BCUT2D eigenvalue weighted by Gasteiger charge is -2.04. The summed E-state index contributed by atoms with van der Waals surface area (Å²) in [5.41, 5.74) is 0.344. The molecule has 9 heteroatoms. The molecule has 25 heavy (non-hydrogen) atoms. The Balaban J connectivity index is 0.00000225. The van der Waals surface area contributed by atoms with Gasteiger partial charge in [-0.25, -0.2) is 14.1 Å². The molecule has 0 amide bonds. The molecular weight excluding hydrogens is 347 g/mol. The fraction of sp³-hybridized carbons (Fsp3) is 0.375. The fourth-order valence-corrected chi connectivity index (χ4v) is 2.28. The summed E-state index contributed by atoms with van der Waals surface area (Å²) in [5, 5.41) is 11.4. The van der Waals surface area contributed by atoms with Crippen LogP contribution in [-0.4, -0.2) is 38.0 Å². The molecular formula is C16H20ClFN6O. The van der Waals surface area contributed by atoms with E-state index in [1.807, 2.05) is 20.9 Å². The first-order chi connectivity index (χ1) is 11.6. The molecule has 0 saturated heterocycles. The van der Waals surface area contributed by atoms with Crippen molar-refractivity contribution in [1.82, 2.24) is 30.2 Å². The van der Waals surface area contributed by atoms with Gasteiger partial charge < -0.3 is 9.84 Å². The van der Waals surface area contributed by atoms with Crippen molar-refractivity contribution < 1.29 is 8.91 Å². The van der Waals surface area contributed by atoms with Crippen LogP contribution in [0, 0.1) is 5.82 Å². The van der Waals surface area contributed by atoms with Crippen molar-refractivity contribution in [1.29, 1.82) is 0 Å². The normalized spacial score (nSPS) is 12.0. The van der Waals surface area contributed by atoms with E-state index in [1.54, 1.807) is 18.2 Å². The Hall–Kier alpha value is -2.32. The Morgan fingerprint density at radius 3 is 2.72 bits per heavy atom. The minimum absolute atomic E-state index is 0. The standard InChI is InChI=1S/C16H19FN6O.ClH/c1-4-14-20-15(16-19-13(22-24-16)9-10(2)18-3)21-23(14)12-8-6-5-7-11(12)17;/h5-8,10,18H,4,9H2,1-3H3;1H. The molecule has 3 rings (SSSR count). The molecule has 0 radical (unpaired) electrons. The van der Waals surface area contributed by atoms with E-state index >= 15 is 0 Å². The number of halogens is 2. The molecule has 2 heterocycles. The van der Waals surface area contributed by atoms with Crippen LogP contribution < -0.4 is 5.32 Å². The predicted octanol–water partition coefficient (Wildman–Crippen LogP) is 2.59. The van der Waals surface area contributed by atoms with E-state index in [9.17, 15) is 4.39 Å². The van der Waals surface area contributed by atoms with E-state index in [2.05, 4.69) is 25.5 Å². The molecule has 2 aromatic heterocycles. The lowest BCUT2D eigenvalue weighted by Crippen LogP contribution is -2.24. The first kappa shape index (κ1) is 19.0. The summed E-state index contributed by atoms with van der Waals surface area (Å²) in [6, 6.07) is 6.66. The maximum Gasteiger partial charge on any atom is 0.297 e. The fourth-order valence-electron chi connectivity index (χ4n) is 2.28. The van der Waals surface area contributed by atoms with Gasteiger partial charge in [0.05, 0.1) is 0 Å². The quantitative estimate of drug-likeness (QED) is 0.722. The van der Waals surface area contributed by atoms with Gasteiger partial charge in [0.15, 0.2) is 5.82 Å². The van der Waals surface area contributed by atoms with Crippen LogP contribution in [0.1, 0.15) is 25.5 Å². The van der Waals surface area contributed by atoms with Crippen LogP contribution in [-0.2, 0) is 12.8 Å². The Bertz CT molecular complexity index is 834. The number of rotatable bonds is 6. The highest BCUT2D eigenvalue weighted by atomic mass is 35.5. The van der Waals surface area contributed by atoms with Gasteiger partial charge in [-0.05, 0) is 26.1 Å². The second-order valence-electron chi connectivity index (χ2n) is 5.48. The molecule has 0 aliphatic heterocycles. The Morgan fingerprint density at radius 1 is 1.28 bits per heavy atom. The molecule has 3 aromatic rings. The molecule has 134 valence electrons. The van der Waals surface area contributed by atoms with Gasteiger partial charge in [0, 0.05) is 18.9 Å². The van der Waals surface area contributed by atoms with Gasteiger partial charge in [-0.1, -0.05) is 24.2 Å². The summed E-state index contributed by atoms with van der Waals surface area (Å²) in [5.74, 6) is 1.37. The number of para-hydroxylation sites is 1. The first-order valence-electron chi connectivity index (χ1n) is 7.83. The number of benzene rings is 1. The summed E-state index contributed by atoms with van der Waals surface area (Å²) in [4.78, 5) is 8.73. The van der Waals surface area contributed by atoms with E-state index < -0.39 is 0 Å². The summed E-state index contributed by atoms with van der Waals surface area (Å²) >= 11 is 0. The summed E-state index contributed by atoms with van der Waals surface area (Å²) in [6.45, 7) is 3.95. The molecule has 7 nitrogen and oxygen atoms in total. The lowest BCUT2D eigenvalue weighted by molar-refractivity contribution is 0.415. The maximum absolute atomic E-state index is 14.0. The zero-order valence-electron chi connectivity index (χ0n) is 14.2. The molecule has 0 aliphatic carbocycles. The zero-order valence-corrected chi connectivity index (χ0v) is 15.0. The van der Waals surface area contributed by atoms with E-state index in [1.165, 1.54) is 10.7 Å². The molecule has 0 saturated carbocycles. The van der Waals surface area contributed by atoms with Gasteiger partial charge in [0.2, 0.25) is 5.82 Å². The monoisotopic (exact) mass is 366 g/mol. The number of hydrogen-bond acceptors (Lipinski definition) is 6. The third-order valence-corrected chi connectivity index (χ3v) is 3.71. The van der Waals surface area contributed by atoms with Crippen LogP contribution in [0.2, 0.25) is 0 Å². The number of nitrogens with one attached hydrogen (secondary N) is 1. The van der Waals surface area contributed by atoms with Crippen molar-refractivity contribution in [3.63, 3.8) is 0 Å². The third-order valence-electron chi connectivity index (χ3n) is 3.71. The number of hydrogen-bond donors (Lipinski definition) is 1. The van der Waals surface area contributed by atoms with Gasteiger partial charge in [0.1, 0.15) is 17.3 Å². The average molecular weight is 367 g/mol. The van der Waals surface area contributed by atoms with Crippen molar-refractivity contribution in [2.45, 2.75) is 32.7 Å². The SMILES string of the molecule is CCc1nc(-c2nc(CC(C)NC)no2)nn1-c1ccccc1F.Cl. The predicted molar refractivity (Wildman–Crippen MR) is 93.5 cm³/mol. The van der Waals surface area contributed by atoms with Crippen LogP contribution in [0.15, 0.2) is 28.8 Å². The first-order valence-corrected chi connectivity index (χ1v) is 7.83. The van der Waals surface area contributed by atoms with Crippen LogP contribution in [0.4, 0.5) is 4.39 Å². The average Bonchev–Trinajstić information content (AvgIpc) is 3.21. The third kappa shape index (κ3) is 4.02. The highest BCUT2D eigenvalue weighted by Crippen LogP contribution is 2.19. The molecule has 1 aromatic carbocycles. The molecule has 0 fully saturated rings. The van der Waals surface area contributed by atoms with Crippen LogP contribution in [0.25, 0.3) is 17.4 Å². The number of likely N-dealkylation sites (N-methyl/N-ethyl adjacent to an activating group) is 1. The minimum Gasteiger partial charge on any atom is -0.330 e. The molecule has 0 spiro atoms. The van der Waals surface area contributed by atoms with E-state index in [0.717, 1.165) is 0 Å². The lowest BCUT2D eigenvalue weighted by atomic mass is 10.2. The van der Waals surface area contributed by atoms with Crippen molar-refractivity contribution in [3.8, 4) is 17.4 Å². The Kier molecular flexibility index (Phi) is 6.22. The largest absolute Gasteiger partial charge is 0.330 e. The van der Waals surface area contributed by atoms with Gasteiger partial charge in [0.25, 0.3) is 5.89 Å². The van der Waals surface area contributed by atoms with Gasteiger partial charge in [-0.2, -0.15) is 4.98 Å². The highest BCUT2D eigenvalue weighted by molar-refractivity contribution is 5.85. The number of aryl methyl sites for hydroxylation is 1. The van der Waals surface area contributed by atoms with Gasteiger partial charge >= 0.3 is 0 Å². The van der Waals surface area contributed by atoms with Crippen LogP contribution in [0.5, 0.6) is 0 Å². The molecule has 0 aliphatic rings. The minimum atomic E-state index is -0.363. The van der Waals surface area contributed by atoms with E-state index in [4.69, 9.17) is 4.52 Å².